The Labute approximate surface area is 182 Å². The van der Waals surface area contributed by atoms with Crippen LogP contribution in [0.4, 0.5) is 0 Å². The van der Waals surface area contributed by atoms with Crippen molar-refractivity contribution in [3.8, 4) is 0 Å². The van der Waals surface area contributed by atoms with E-state index in [1.165, 1.54) is 0 Å². The van der Waals surface area contributed by atoms with Gasteiger partial charge in [-0.05, 0) is 38.5 Å². The van der Waals surface area contributed by atoms with Crippen molar-refractivity contribution in [3.63, 3.8) is 0 Å². The van der Waals surface area contributed by atoms with Crippen molar-refractivity contribution in [2.75, 3.05) is 26.2 Å². The zero-order chi connectivity index (χ0) is 21.8. The minimum Gasteiger partial charge on any atom is -0.451 e. The maximum atomic E-state index is 13.4. The van der Waals surface area contributed by atoms with E-state index in [1.54, 1.807) is 4.90 Å². The highest BCUT2D eigenvalue weighted by Gasteiger charge is 2.28. The van der Waals surface area contributed by atoms with Crippen LogP contribution in [0.3, 0.4) is 0 Å². The summed E-state index contributed by atoms with van der Waals surface area (Å²) in [4.78, 5) is 29.8. The number of hydrogen-bond acceptors (Lipinski definition) is 4. The predicted molar refractivity (Wildman–Crippen MR) is 119 cm³/mol. The van der Waals surface area contributed by atoms with Crippen LogP contribution in [-0.4, -0.2) is 53.9 Å². The minimum atomic E-state index is -0.146. The Hall–Kier alpha value is -3.12. The molecule has 0 saturated carbocycles. The SMILES string of the molecule is CC(C)OCc1c(C(=O)N2CCCN(C(=O)c3ccccc3)CC2)oc2ccccc12. The zero-order valence-corrected chi connectivity index (χ0v) is 18.0. The zero-order valence-electron chi connectivity index (χ0n) is 18.0. The number of hydrogen-bond donors (Lipinski definition) is 0. The van der Waals surface area contributed by atoms with Gasteiger partial charge in [0.15, 0.2) is 5.76 Å². The molecule has 0 bridgehead atoms. The van der Waals surface area contributed by atoms with Gasteiger partial charge >= 0.3 is 0 Å². The first-order chi connectivity index (χ1) is 15.0. The van der Waals surface area contributed by atoms with Crippen molar-refractivity contribution in [2.24, 2.45) is 0 Å². The molecule has 162 valence electrons. The second-order valence-electron chi connectivity index (χ2n) is 8.07. The molecule has 1 aromatic heterocycles. The number of ether oxygens (including phenoxy) is 1. The Morgan fingerprint density at radius 2 is 1.55 bits per heavy atom. The molecule has 3 aromatic rings. The summed E-state index contributed by atoms with van der Waals surface area (Å²) in [7, 11) is 0. The third-order valence-electron chi connectivity index (χ3n) is 5.54. The summed E-state index contributed by atoms with van der Waals surface area (Å²) in [6.45, 7) is 6.44. The molecule has 2 heterocycles. The van der Waals surface area contributed by atoms with E-state index in [2.05, 4.69) is 0 Å². The summed E-state index contributed by atoms with van der Waals surface area (Å²) >= 11 is 0. The van der Waals surface area contributed by atoms with E-state index in [-0.39, 0.29) is 17.9 Å². The van der Waals surface area contributed by atoms with E-state index in [9.17, 15) is 9.59 Å². The van der Waals surface area contributed by atoms with Gasteiger partial charge in [0.2, 0.25) is 0 Å². The summed E-state index contributed by atoms with van der Waals surface area (Å²) in [5.41, 5.74) is 2.15. The molecule has 1 aliphatic heterocycles. The van der Waals surface area contributed by atoms with Gasteiger partial charge in [-0.3, -0.25) is 9.59 Å². The molecule has 1 saturated heterocycles. The molecule has 1 aliphatic rings. The second kappa shape index (κ2) is 9.35. The van der Waals surface area contributed by atoms with Crippen LogP contribution in [0, 0.1) is 0 Å². The average Bonchev–Trinajstić information content (AvgIpc) is 2.97. The summed E-state index contributed by atoms with van der Waals surface area (Å²) in [6, 6.07) is 16.9. The van der Waals surface area contributed by atoms with Gasteiger partial charge in [-0.25, -0.2) is 0 Å². The Morgan fingerprint density at radius 1 is 0.903 bits per heavy atom. The average molecular weight is 421 g/mol. The van der Waals surface area contributed by atoms with Crippen molar-refractivity contribution in [1.29, 1.82) is 0 Å². The normalized spacial score (nSPS) is 14.8. The second-order valence-corrected chi connectivity index (χ2v) is 8.07. The summed E-state index contributed by atoms with van der Waals surface area (Å²) in [5, 5.41) is 0.905. The van der Waals surface area contributed by atoms with E-state index in [0.29, 0.717) is 49.7 Å². The first-order valence-corrected chi connectivity index (χ1v) is 10.8. The first kappa shape index (κ1) is 21.1. The van der Waals surface area contributed by atoms with Gasteiger partial charge in [0.05, 0.1) is 12.7 Å². The lowest BCUT2D eigenvalue weighted by molar-refractivity contribution is 0.0611. The fourth-order valence-corrected chi connectivity index (χ4v) is 3.90. The molecular formula is C25H28N2O4. The Kier molecular flexibility index (Phi) is 6.37. The van der Waals surface area contributed by atoms with Crippen molar-refractivity contribution in [2.45, 2.75) is 33.0 Å². The maximum absolute atomic E-state index is 13.4. The van der Waals surface area contributed by atoms with Gasteiger partial charge < -0.3 is 19.0 Å². The number of rotatable bonds is 5. The standard InChI is InChI=1S/C25H28N2O4/c1-18(2)30-17-21-20-11-6-7-12-22(20)31-23(21)25(29)27-14-8-13-26(15-16-27)24(28)19-9-4-3-5-10-19/h3-7,9-12,18H,8,13-17H2,1-2H3. The van der Waals surface area contributed by atoms with Crippen LogP contribution in [0.15, 0.2) is 59.0 Å². The molecule has 4 rings (SSSR count). The van der Waals surface area contributed by atoms with Crippen LogP contribution < -0.4 is 0 Å². The Bertz CT molecular complexity index is 1060. The third kappa shape index (κ3) is 4.64. The van der Waals surface area contributed by atoms with Crippen LogP contribution in [0.25, 0.3) is 11.0 Å². The monoisotopic (exact) mass is 420 g/mol. The van der Waals surface area contributed by atoms with Crippen LogP contribution in [0.1, 0.15) is 46.7 Å². The van der Waals surface area contributed by atoms with Gasteiger partial charge in [0.25, 0.3) is 11.8 Å². The van der Waals surface area contributed by atoms with E-state index in [4.69, 9.17) is 9.15 Å². The number of amides is 2. The number of furan rings is 1. The highest BCUT2D eigenvalue weighted by atomic mass is 16.5. The molecule has 1 fully saturated rings. The number of fused-ring (bicyclic) bond motifs is 1. The molecule has 0 N–H and O–H groups in total. The molecule has 0 aliphatic carbocycles. The van der Waals surface area contributed by atoms with Crippen molar-refractivity contribution in [3.05, 3.63) is 71.5 Å². The van der Waals surface area contributed by atoms with E-state index in [1.807, 2.05) is 73.3 Å². The maximum Gasteiger partial charge on any atom is 0.290 e. The number of nitrogens with zero attached hydrogens (tertiary/aromatic N) is 2. The number of para-hydroxylation sites is 1. The molecule has 2 aromatic carbocycles. The summed E-state index contributed by atoms with van der Waals surface area (Å²) < 4.78 is 11.8. The molecule has 6 heteroatoms. The molecule has 0 unspecified atom stereocenters. The van der Waals surface area contributed by atoms with Gasteiger partial charge in [-0.15, -0.1) is 0 Å². The highest BCUT2D eigenvalue weighted by molar-refractivity contribution is 5.99. The Morgan fingerprint density at radius 3 is 2.26 bits per heavy atom. The lowest BCUT2D eigenvalue weighted by Crippen LogP contribution is -2.37. The summed E-state index contributed by atoms with van der Waals surface area (Å²) in [6.07, 6.45) is 0.773. The van der Waals surface area contributed by atoms with Crippen molar-refractivity contribution >= 4 is 22.8 Å². The quantitative estimate of drug-likeness (QED) is 0.616. The first-order valence-electron chi connectivity index (χ1n) is 10.8. The molecule has 31 heavy (non-hydrogen) atoms. The molecular weight excluding hydrogens is 392 g/mol. The van der Waals surface area contributed by atoms with Gasteiger partial charge in [-0.1, -0.05) is 36.4 Å². The van der Waals surface area contributed by atoms with Crippen LogP contribution >= 0.6 is 0 Å². The number of carbonyl (C=O) groups is 2. The number of benzene rings is 2. The van der Waals surface area contributed by atoms with Gasteiger partial charge in [0.1, 0.15) is 5.58 Å². The molecule has 2 amide bonds. The van der Waals surface area contributed by atoms with E-state index in [0.717, 1.165) is 17.4 Å². The minimum absolute atomic E-state index is 0.00431. The predicted octanol–water partition coefficient (Wildman–Crippen LogP) is 4.35. The van der Waals surface area contributed by atoms with E-state index >= 15 is 0 Å². The molecule has 0 atom stereocenters. The van der Waals surface area contributed by atoms with Crippen LogP contribution in [0.2, 0.25) is 0 Å². The van der Waals surface area contributed by atoms with Crippen LogP contribution in [0.5, 0.6) is 0 Å². The van der Waals surface area contributed by atoms with Crippen LogP contribution in [-0.2, 0) is 11.3 Å². The fourth-order valence-electron chi connectivity index (χ4n) is 3.90. The third-order valence-corrected chi connectivity index (χ3v) is 5.54. The molecule has 0 spiro atoms. The molecule has 0 radical (unpaired) electrons. The van der Waals surface area contributed by atoms with Crippen molar-refractivity contribution in [1.82, 2.24) is 9.80 Å². The summed E-state index contributed by atoms with van der Waals surface area (Å²) in [5.74, 6) is 0.196. The lowest BCUT2D eigenvalue weighted by atomic mass is 10.1. The highest BCUT2D eigenvalue weighted by Crippen LogP contribution is 2.28. The van der Waals surface area contributed by atoms with Gasteiger partial charge in [0, 0.05) is 42.7 Å². The largest absolute Gasteiger partial charge is 0.451 e. The Balaban J connectivity index is 1.53. The smallest absolute Gasteiger partial charge is 0.290 e. The van der Waals surface area contributed by atoms with Gasteiger partial charge in [-0.2, -0.15) is 0 Å². The molecule has 6 nitrogen and oxygen atoms in total. The number of carbonyl (C=O) groups excluding carboxylic acids is 2. The van der Waals surface area contributed by atoms with E-state index < -0.39 is 0 Å². The van der Waals surface area contributed by atoms with Crippen molar-refractivity contribution < 1.29 is 18.7 Å². The lowest BCUT2D eigenvalue weighted by Gasteiger charge is -2.22. The fraction of sp³-hybridized carbons (Fsp3) is 0.360. The topological polar surface area (TPSA) is 63.0 Å².